The van der Waals surface area contributed by atoms with Crippen LogP contribution in [0.2, 0.25) is 0 Å². The molecule has 0 amide bonds. The highest BCUT2D eigenvalue weighted by Crippen LogP contribution is 2.37. The Morgan fingerprint density at radius 2 is 2.06 bits per heavy atom. The van der Waals surface area contributed by atoms with E-state index in [-0.39, 0.29) is 5.56 Å². The largest absolute Gasteiger partial charge is 0.423 e. The maximum atomic E-state index is 12.6. The van der Waals surface area contributed by atoms with Gasteiger partial charge in [0.1, 0.15) is 5.56 Å². The van der Waals surface area contributed by atoms with Crippen molar-refractivity contribution in [2.45, 2.75) is 12.1 Å². The normalized spacial score (nSPS) is 13.5. The van der Waals surface area contributed by atoms with Gasteiger partial charge in [0.25, 0.3) is 5.69 Å². The van der Waals surface area contributed by atoms with Crippen LogP contribution in [-0.2, 0) is 6.18 Å². The van der Waals surface area contributed by atoms with Crippen LogP contribution in [0.25, 0.3) is 0 Å². The minimum absolute atomic E-state index is 0.102. The molecule has 0 aliphatic rings. The summed E-state index contributed by atoms with van der Waals surface area (Å²) in [5.41, 5.74) is -2.24. The first kappa shape index (κ1) is 13.4. The van der Waals surface area contributed by atoms with Crippen LogP contribution >= 0.6 is 0 Å². The first-order valence-electron chi connectivity index (χ1n) is 4.57. The van der Waals surface area contributed by atoms with Gasteiger partial charge >= 0.3 is 6.18 Å². The number of nitro benzene ring substituents is 1. The van der Waals surface area contributed by atoms with Crippen LogP contribution in [0.1, 0.15) is 17.0 Å². The lowest BCUT2D eigenvalue weighted by molar-refractivity contribution is -0.388. The van der Waals surface area contributed by atoms with Gasteiger partial charge in [0.2, 0.25) is 0 Å². The third-order valence-electron chi connectivity index (χ3n) is 2.21. The molecule has 0 spiro atoms. The molecule has 4 nitrogen and oxygen atoms in total. The molecule has 1 atom stereocenters. The van der Waals surface area contributed by atoms with E-state index in [0.29, 0.717) is 6.07 Å². The molecule has 1 aromatic rings. The molecule has 0 fully saturated rings. The second-order valence-electron chi connectivity index (χ2n) is 3.41. The first-order valence-corrected chi connectivity index (χ1v) is 4.57. The van der Waals surface area contributed by atoms with Crippen molar-refractivity contribution in [1.82, 2.24) is 0 Å². The summed E-state index contributed by atoms with van der Waals surface area (Å²) in [6, 6.07) is 2.57. The van der Waals surface area contributed by atoms with Crippen LogP contribution in [0.3, 0.4) is 0 Å². The van der Waals surface area contributed by atoms with Crippen molar-refractivity contribution >= 4 is 5.69 Å². The molecular formula is C10H9F3NO3. The van der Waals surface area contributed by atoms with Crippen molar-refractivity contribution in [3.8, 4) is 0 Å². The van der Waals surface area contributed by atoms with Gasteiger partial charge in [-0.1, -0.05) is 6.07 Å². The Balaban J connectivity index is 3.35. The molecule has 1 radical (unpaired) electrons. The van der Waals surface area contributed by atoms with Gasteiger partial charge in [-0.25, -0.2) is 0 Å². The van der Waals surface area contributed by atoms with Gasteiger partial charge in [-0.3, -0.25) is 10.1 Å². The van der Waals surface area contributed by atoms with Crippen LogP contribution in [0, 0.1) is 17.0 Å². The Morgan fingerprint density at radius 1 is 1.47 bits per heavy atom. The number of aliphatic hydroxyl groups is 1. The predicted octanol–water partition coefficient (Wildman–Crippen LogP) is 2.52. The first-order chi connectivity index (χ1) is 7.77. The fraction of sp³-hybridized carbons (Fsp3) is 0.300. The van der Waals surface area contributed by atoms with E-state index in [1.54, 1.807) is 0 Å². The lowest BCUT2D eigenvalue weighted by Gasteiger charge is -2.12. The second-order valence-corrected chi connectivity index (χ2v) is 3.41. The Morgan fingerprint density at radius 3 is 2.47 bits per heavy atom. The van der Waals surface area contributed by atoms with Crippen LogP contribution in [0.5, 0.6) is 0 Å². The minimum Gasteiger partial charge on any atom is -0.396 e. The van der Waals surface area contributed by atoms with Gasteiger partial charge in [-0.15, -0.1) is 0 Å². The number of alkyl halides is 3. The van der Waals surface area contributed by atoms with Gasteiger partial charge in [-0.05, 0) is 18.6 Å². The Hall–Kier alpha value is -1.63. The summed E-state index contributed by atoms with van der Waals surface area (Å²) < 4.78 is 37.7. The molecular weight excluding hydrogens is 239 g/mol. The van der Waals surface area contributed by atoms with Crippen LogP contribution in [0.4, 0.5) is 18.9 Å². The molecule has 17 heavy (non-hydrogen) atoms. The van der Waals surface area contributed by atoms with E-state index in [1.165, 1.54) is 0 Å². The molecule has 0 heterocycles. The standard InChI is InChI=1S/C10H9F3NO3/c1-6(5-15)7-2-3-9(14(16)17)8(4-7)10(11,12)13/h2-4,6,15H,1,5H2. The van der Waals surface area contributed by atoms with Crippen molar-refractivity contribution in [2.75, 3.05) is 6.61 Å². The van der Waals surface area contributed by atoms with E-state index < -0.39 is 34.9 Å². The number of hydrogen-bond acceptors (Lipinski definition) is 3. The summed E-state index contributed by atoms with van der Waals surface area (Å²) in [5, 5.41) is 19.2. The Labute approximate surface area is 94.8 Å². The molecule has 1 rings (SSSR count). The smallest absolute Gasteiger partial charge is 0.396 e. The summed E-state index contributed by atoms with van der Waals surface area (Å²) in [4.78, 5) is 9.37. The third kappa shape index (κ3) is 2.94. The molecule has 1 N–H and O–H groups in total. The zero-order valence-electron chi connectivity index (χ0n) is 8.57. The third-order valence-corrected chi connectivity index (χ3v) is 2.21. The van der Waals surface area contributed by atoms with Crippen molar-refractivity contribution in [2.24, 2.45) is 0 Å². The summed E-state index contributed by atoms with van der Waals surface area (Å²) in [5.74, 6) is -0.753. The fourth-order valence-corrected chi connectivity index (χ4v) is 1.30. The highest BCUT2D eigenvalue weighted by Gasteiger charge is 2.38. The van der Waals surface area contributed by atoms with Crippen LogP contribution in [-0.4, -0.2) is 16.6 Å². The highest BCUT2D eigenvalue weighted by molar-refractivity contribution is 5.45. The average molecular weight is 248 g/mol. The number of nitro groups is 1. The van der Waals surface area contributed by atoms with Crippen molar-refractivity contribution < 1.29 is 23.2 Å². The molecule has 0 saturated heterocycles. The van der Waals surface area contributed by atoms with Crippen molar-refractivity contribution in [1.29, 1.82) is 0 Å². The predicted molar refractivity (Wildman–Crippen MR) is 53.3 cm³/mol. The summed E-state index contributed by atoms with van der Waals surface area (Å²) in [6.07, 6.45) is -4.81. The quantitative estimate of drug-likeness (QED) is 0.660. The molecule has 0 aliphatic heterocycles. The molecule has 1 unspecified atom stereocenters. The summed E-state index contributed by atoms with van der Waals surface area (Å²) in [6.45, 7) is 3.00. The topological polar surface area (TPSA) is 63.4 Å². The van der Waals surface area contributed by atoms with E-state index in [4.69, 9.17) is 5.11 Å². The fourth-order valence-electron chi connectivity index (χ4n) is 1.30. The summed E-state index contributed by atoms with van der Waals surface area (Å²) in [7, 11) is 0. The van der Waals surface area contributed by atoms with Crippen molar-refractivity contribution in [3.05, 3.63) is 46.4 Å². The SMILES string of the molecule is [CH2]C(CO)c1ccc([N+](=O)[O-])c(C(F)(F)F)c1. The molecule has 93 valence electrons. The van der Waals surface area contributed by atoms with E-state index in [9.17, 15) is 23.3 Å². The van der Waals surface area contributed by atoms with Gasteiger partial charge in [-0.2, -0.15) is 13.2 Å². The number of aliphatic hydroxyl groups excluding tert-OH is 1. The van der Waals surface area contributed by atoms with Gasteiger partial charge < -0.3 is 5.11 Å². The van der Waals surface area contributed by atoms with Crippen LogP contribution in [0.15, 0.2) is 18.2 Å². The molecule has 7 heteroatoms. The van der Waals surface area contributed by atoms with Gasteiger partial charge in [0.05, 0.1) is 4.92 Å². The zero-order chi connectivity index (χ0) is 13.2. The lowest BCUT2D eigenvalue weighted by Crippen LogP contribution is -2.11. The monoisotopic (exact) mass is 248 g/mol. The zero-order valence-corrected chi connectivity index (χ0v) is 8.57. The maximum Gasteiger partial charge on any atom is 0.423 e. The number of nitrogens with zero attached hydrogens (tertiary/aromatic N) is 1. The van der Waals surface area contributed by atoms with E-state index in [0.717, 1.165) is 12.1 Å². The second kappa shape index (κ2) is 4.70. The van der Waals surface area contributed by atoms with Crippen LogP contribution < -0.4 is 0 Å². The van der Waals surface area contributed by atoms with E-state index in [2.05, 4.69) is 6.92 Å². The molecule has 0 aliphatic carbocycles. The number of rotatable bonds is 3. The Kier molecular flexibility index (Phi) is 3.72. The number of hydrogen-bond donors (Lipinski definition) is 1. The van der Waals surface area contributed by atoms with Crippen molar-refractivity contribution in [3.63, 3.8) is 0 Å². The summed E-state index contributed by atoms with van der Waals surface area (Å²) >= 11 is 0. The highest BCUT2D eigenvalue weighted by atomic mass is 19.4. The number of benzene rings is 1. The van der Waals surface area contributed by atoms with Gasteiger partial charge in [0, 0.05) is 18.6 Å². The Bertz CT molecular complexity index is 431. The number of halogens is 3. The minimum atomic E-state index is -4.81. The molecule has 1 aromatic carbocycles. The molecule has 0 aromatic heterocycles. The lowest BCUT2D eigenvalue weighted by atomic mass is 9.98. The average Bonchev–Trinajstić information content (AvgIpc) is 2.25. The van der Waals surface area contributed by atoms with Gasteiger partial charge in [0.15, 0.2) is 0 Å². The van der Waals surface area contributed by atoms with E-state index >= 15 is 0 Å². The molecule has 0 bridgehead atoms. The van der Waals surface area contributed by atoms with E-state index in [1.807, 2.05) is 0 Å². The molecule has 0 saturated carbocycles. The maximum absolute atomic E-state index is 12.6.